The van der Waals surface area contributed by atoms with Gasteiger partial charge in [-0.15, -0.1) is 0 Å². The number of likely N-dealkylation sites (tertiary alicyclic amines) is 1. The second kappa shape index (κ2) is 9.27. The molecule has 0 bridgehead atoms. The monoisotopic (exact) mass is 349 g/mol. The highest BCUT2D eigenvalue weighted by atomic mass is 16.5. The number of rotatable bonds is 7. The number of benzene rings is 1. The molecule has 0 radical (unpaired) electrons. The predicted octanol–water partition coefficient (Wildman–Crippen LogP) is 2.08. The quantitative estimate of drug-likeness (QED) is 0.788. The molecule has 1 aromatic carbocycles. The fourth-order valence-corrected chi connectivity index (χ4v) is 3.24. The molecule has 3 amide bonds. The van der Waals surface area contributed by atoms with Crippen LogP contribution in [0.15, 0.2) is 18.2 Å². The highest BCUT2D eigenvalue weighted by Gasteiger charge is 2.28. The summed E-state index contributed by atoms with van der Waals surface area (Å²) >= 11 is 0. The van der Waals surface area contributed by atoms with Crippen LogP contribution in [0.4, 0.5) is 4.79 Å². The molecule has 1 aromatic rings. The molecule has 1 saturated heterocycles. The van der Waals surface area contributed by atoms with E-state index in [2.05, 4.69) is 15.5 Å². The zero-order valence-corrected chi connectivity index (χ0v) is 15.1. The van der Waals surface area contributed by atoms with E-state index in [1.807, 2.05) is 18.2 Å². The number of nitrogens with one attached hydrogen (secondary N) is 2. The topological polar surface area (TPSA) is 79.9 Å². The van der Waals surface area contributed by atoms with Crippen molar-refractivity contribution in [2.75, 3.05) is 34.4 Å². The van der Waals surface area contributed by atoms with Crippen LogP contribution in [0.25, 0.3) is 0 Å². The number of nitrogens with zero attached hydrogens (tertiary/aromatic N) is 1. The molecule has 0 saturated carbocycles. The molecule has 0 unspecified atom stereocenters. The third kappa shape index (κ3) is 5.09. The number of amides is 3. The third-order valence-electron chi connectivity index (χ3n) is 4.49. The Morgan fingerprint density at radius 3 is 2.76 bits per heavy atom. The minimum absolute atomic E-state index is 0.256. The van der Waals surface area contributed by atoms with Crippen molar-refractivity contribution in [2.45, 2.75) is 31.7 Å². The lowest BCUT2D eigenvalue weighted by Crippen LogP contribution is -2.37. The van der Waals surface area contributed by atoms with Gasteiger partial charge in [-0.3, -0.25) is 15.0 Å². The Morgan fingerprint density at radius 1 is 1.28 bits per heavy atom. The Balaban J connectivity index is 1.96. The van der Waals surface area contributed by atoms with E-state index in [9.17, 15) is 9.59 Å². The van der Waals surface area contributed by atoms with Gasteiger partial charge in [0.1, 0.15) is 11.5 Å². The van der Waals surface area contributed by atoms with Gasteiger partial charge in [-0.25, -0.2) is 4.79 Å². The number of hydrogen-bond donors (Lipinski definition) is 2. The van der Waals surface area contributed by atoms with Crippen LogP contribution in [0, 0.1) is 0 Å². The summed E-state index contributed by atoms with van der Waals surface area (Å²) in [6, 6.07) is 5.64. The SMILES string of the molecule is CNC(=O)NC(=O)CCCN1CCC[C@@H]1c1cc(OC)ccc1OC. The van der Waals surface area contributed by atoms with Crippen LogP contribution in [0.3, 0.4) is 0 Å². The maximum Gasteiger partial charge on any atom is 0.321 e. The van der Waals surface area contributed by atoms with E-state index in [0.29, 0.717) is 12.8 Å². The van der Waals surface area contributed by atoms with Crippen LogP contribution in [-0.2, 0) is 4.79 Å². The van der Waals surface area contributed by atoms with Gasteiger partial charge in [-0.05, 0) is 50.6 Å². The van der Waals surface area contributed by atoms with E-state index in [0.717, 1.165) is 43.0 Å². The third-order valence-corrected chi connectivity index (χ3v) is 4.49. The molecule has 1 aliphatic rings. The second-order valence-electron chi connectivity index (χ2n) is 6.03. The molecular weight excluding hydrogens is 322 g/mol. The Hall–Kier alpha value is -2.28. The van der Waals surface area contributed by atoms with Crippen LogP contribution in [0.1, 0.15) is 37.3 Å². The predicted molar refractivity (Wildman–Crippen MR) is 94.9 cm³/mol. The fraction of sp³-hybridized carbons (Fsp3) is 0.556. The molecule has 1 atom stereocenters. The average molecular weight is 349 g/mol. The van der Waals surface area contributed by atoms with Gasteiger partial charge in [-0.1, -0.05) is 0 Å². The van der Waals surface area contributed by atoms with E-state index in [1.54, 1.807) is 14.2 Å². The smallest absolute Gasteiger partial charge is 0.321 e. The van der Waals surface area contributed by atoms with Gasteiger partial charge in [0, 0.05) is 25.1 Å². The van der Waals surface area contributed by atoms with E-state index >= 15 is 0 Å². The lowest BCUT2D eigenvalue weighted by atomic mass is 10.0. The van der Waals surface area contributed by atoms with Crippen LogP contribution >= 0.6 is 0 Å². The first-order valence-electron chi connectivity index (χ1n) is 8.56. The molecule has 2 rings (SSSR count). The molecule has 0 spiro atoms. The van der Waals surface area contributed by atoms with E-state index in [1.165, 1.54) is 7.05 Å². The number of carbonyl (C=O) groups excluding carboxylic acids is 2. The summed E-state index contributed by atoms with van der Waals surface area (Å²) in [7, 11) is 4.82. The summed E-state index contributed by atoms with van der Waals surface area (Å²) in [5, 5.41) is 4.66. The molecule has 0 aromatic heterocycles. The van der Waals surface area contributed by atoms with Gasteiger partial charge in [0.25, 0.3) is 0 Å². The highest BCUT2D eigenvalue weighted by molar-refractivity contribution is 5.94. The van der Waals surface area contributed by atoms with Gasteiger partial charge in [0.15, 0.2) is 0 Å². The summed E-state index contributed by atoms with van der Waals surface area (Å²) in [6.07, 6.45) is 3.18. The maximum atomic E-state index is 11.7. The van der Waals surface area contributed by atoms with Crippen molar-refractivity contribution in [2.24, 2.45) is 0 Å². The summed E-state index contributed by atoms with van der Waals surface area (Å²) < 4.78 is 10.9. The lowest BCUT2D eigenvalue weighted by Gasteiger charge is -2.26. The first kappa shape index (κ1) is 19.1. The van der Waals surface area contributed by atoms with Crippen molar-refractivity contribution in [3.8, 4) is 11.5 Å². The van der Waals surface area contributed by atoms with E-state index in [-0.39, 0.29) is 11.9 Å². The number of urea groups is 1. The number of hydrogen-bond acceptors (Lipinski definition) is 5. The molecule has 0 aliphatic carbocycles. The summed E-state index contributed by atoms with van der Waals surface area (Å²) in [5.41, 5.74) is 1.12. The first-order chi connectivity index (χ1) is 12.1. The van der Waals surface area contributed by atoms with Crippen molar-refractivity contribution >= 4 is 11.9 Å². The normalized spacial score (nSPS) is 17.2. The zero-order valence-electron chi connectivity index (χ0n) is 15.1. The van der Waals surface area contributed by atoms with E-state index in [4.69, 9.17) is 9.47 Å². The highest BCUT2D eigenvalue weighted by Crippen LogP contribution is 2.38. The van der Waals surface area contributed by atoms with Crippen molar-refractivity contribution in [1.29, 1.82) is 0 Å². The van der Waals surface area contributed by atoms with Crippen LogP contribution in [0.2, 0.25) is 0 Å². The maximum absolute atomic E-state index is 11.7. The largest absolute Gasteiger partial charge is 0.497 e. The number of imide groups is 1. The van der Waals surface area contributed by atoms with Crippen LogP contribution in [-0.4, -0.2) is 51.2 Å². The Labute approximate surface area is 148 Å². The number of ether oxygens (including phenoxy) is 2. The van der Waals surface area contributed by atoms with Crippen molar-refractivity contribution in [3.05, 3.63) is 23.8 Å². The van der Waals surface area contributed by atoms with Crippen molar-refractivity contribution in [3.63, 3.8) is 0 Å². The Morgan fingerprint density at radius 2 is 2.08 bits per heavy atom. The lowest BCUT2D eigenvalue weighted by molar-refractivity contribution is -0.120. The molecule has 2 N–H and O–H groups in total. The number of carbonyl (C=O) groups is 2. The Bertz CT molecular complexity index is 606. The van der Waals surface area contributed by atoms with Crippen molar-refractivity contribution in [1.82, 2.24) is 15.5 Å². The van der Waals surface area contributed by atoms with E-state index < -0.39 is 6.03 Å². The standard InChI is InChI=1S/C18H27N3O4/c1-19-18(23)20-17(22)7-5-11-21-10-4-6-15(21)14-12-13(24-2)8-9-16(14)25-3/h8-9,12,15H,4-7,10-11H2,1-3H3,(H2,19,20,22,23)/t15-/m1/s1. The molecule has 1 heterocycles. The molecule has 1 fully saturated rings. The molecule has 7 nitrogen and oxygen atoms in total. The zero-order chi connectivity index (χ0) is 18.2. The number of methoxy groups -OCH3 is 2. The van der Waals surface area contributed by atoms with Crippen LogP contribution in [0.5, 0.6) is 11.5 Å². The molecule has 1 aliphatic heterocycles. The fourth-order valence-electron chi connectivity index (χ4n) is 3.24. The van der Waals surface area contributed by atoms with Crippen LogP contribution < -0.4 is 20.1 Å². The van der Waals surface area contributed by atoms with Gasteiger partial charge in [-0.2, -0.15) is 0 Å². The van der Waals surface area contributed by atoms with Crippen molar-refractivity contribution < 1.29 is 19.1 Å². The summed E-state index contributed by atoms with van der Waals surface area (Å²) in [5.74, 6) is 1.41. The average Bonchev–Trinajstić information content (AvgIpc) is 3.09. The summed E-state index contributed by atoms with van der Waals surface area (Å²) in [6.45, 7) is 1.79. The Kier molecular flexibility index (Phi) is 7.06. The molecule has 138 valence electrons. The summed E-state index contributed by atoms with van der Waals surface area (Å²) in [4.78, 5) is 25.2. The minimum Gasteiger partial charge on any atom is -0.497 e. The molecular formula is C18H27N3O4. The minimum atomic E-state index is -0.467. The van der Waals surface area contributed by atoms with Gasteiger partial charge in [0.2, 0.25) is 5.91 Å². The van der Waals surface area contributed by atoms with Gasteiger partial charge >= 0.3 is 6.03 Å². The van der Waals surface area contributed by atoms with Gasteiger partial charge in [0.05, 0.1) is 14.2 Å². The first-order valence-corrected chi connectivity index (χ1v) is 8.56. The molecule has 25 heavy (non-hydrogen) atoms. The second-order valence-corrected chi connectivity index (χ2v) is 6.03. The van der Waals surface area contributed by atoms with Gasteiger partial charge < -0.3 is 14.8 Å². The molecule has 7 heteroatoms.